The van der Waals surface area contributed by atoms with Crippen LogP contribution in [0.3, 0.4) is 0 Å². The Hall–Kier alpha value is -2.82. The van der Waals surface area contributed by atoms with Crippen LogP contribution < -0.4 is 10.7 Å². The van der Waals surface area contributed by atoms with Crippen molar-refractivity contribution in [2.75, 3.05) is 0 Å². The maximum absolute atomic E-state index is 12.3. The largest absolute Gasteiger partial charge is 0.363 e. The van der Waals surface area contributed by atoms with E-state index in [0.717, 1.165) is 10.9 Å². The highest BCUT2D eigenvalue weighted by Gasteiger charge is 2.15. The summed E-state index contributed by atoms with van der Waals surface area (Å²) in [5, 5.41) is 3.81. The first-order valence-corrected chi connectivity index (χ1v) is 7.92. The van der Waals surface area contributed by atoms with Gasteiger partial charge in [-0.05, 0) is 23.1 Å². The molecule has 0 aliphatic carbocycles. The van der Waals surface area contributed by atoms with Gasteiger partial charge in [-0.25, -0.2) is 0 Å². The Bertz CT molecular complexity index is 945. The van der Waals surface area contributed by atoms with Crippen LogP contribution in [0.4, 0.5) is 0 Å². The van der Waals surface area contributed by atoms with Crippen molar-refractivity contribution in [2.24, 2.45) is 0 Å². The Morgan fingerprint density at radius 3 is 2.62 bits per heavy atom. The second-order valence-electron chi connectivity index (χ2n) is 6.97. The summed E-state index contributed by atoms with van der Waals surface area (Å²) < 4.78 is 0. The fraction of sp³-hybridized carbons (Fsp3) is 0.263. The monoisotopic (exact) mass is 323 g/mol. The number of benzene rings is 1. The molecule has 3 aromatic rings. The molecule has 1 amide bonds. The molecule has 3 rings (SSSR count). The predicted molar refractivity (Wildman–Crippen MR) is 95.2 cm³/mol. The Morgan fingerprint density at radius 1 is 1.12 bits per heavy atom. The highest BCUT2D eigenvalue weighted by atomic mass is 16.1. The molecule has 0 radical (unpaired) electrons. The van der Waals surface area contributed by atoms with Crippen LogP contribution in [-0.4, -0.2) is 15.9 Å². The lowest BCUT2D eigenvalue weighted by Crippen LogP contribution is -2.24. The van der Waals surface area contributed by atoms with Gasteiger partial charge in [0.25, 0.3) is 5.91 Å². The Morgan fingerprint density at radius 2 is 1.92 bits per heavy atom. The van der Waals surface area contributed by atoms with E-state index >= 15 is 0 Å². The number of hydrogen-bond donors (Lipinski definition) is 3. The van der Waals surface area contributed by atoms with Crippen molar-refractivity contribution in [1.82, 2.24) is 15.3 Å². The predicted octanol–water partition coefficient (Wildman–Crippen LogP) is 3.08. The molecule has 0 saturated heterocycles. The van der Waals surface area contributed by atoms with Crippen LogP contribution in [0.5, 0.6) is 0 Å². The van der Waals surface area contributed by atoms with Gasteiger partial charge in [0.15, 0.2) is 5.43 Å². The molecular weight excluding hydrogens is 302 g/mol. The number of amides is 1. The minimum atomic E-state index is -0.201. The molecule has 0 saturated carbocycles. The summed E-state index contributed by atoms with van der Waals surface area (Å²) in [7, 11) is 0. The van der Waals surface area contributed by atoms with E-state index in [1.54, 1.807) is 6.20 Å². The third-order valence-electron chi connectivity index (χ3n) is 4.01. The zero-order chi connectivity index (χ0) is 17.3. The number of fused-ring (bicyclic) bond motifs is 1. The maximum Gasteiger partial charge on any atom is 0.268 e. The number of H-pyrrole nitrogens is 2. The molecule has 2 aromatic heterocycles. The number of aromatic amines is 2. The molecule has 0 atom stereocenters. The van der Waals surface area contributed by atoms with Crippen LogP contribution in [0.2, 0.25) is 0 Å². The van der Waals surface area contributed by atoms with Gasteiger partial charge in [-0.2, -0.15) is 0 Å². The molecule has 1 aromatic carbocycles. The van der Waals surface area contributed by atoms with Crippen molar-refractivity contribution in [3.63, 3.8) is 0 Å². The van der Waals surface area contributed by atoms with Crippen molar-refractivity contribution in [1.29, 1.82) is 0 Å². The first-order chi connectivity index (χ1) is 11.3. The highest BCUT2D eigenvalue weighted by Crippen LogP contribution is 2.26. The third kappa shape index (κ3) is 3.40. The number of hydrogen-bond acceptors (Lipinski definition) is 2. The van der Waals surface area contributed by atoms with E-state index in [0.29, 0.717) is 11.4 Å². The van der Waals surface area contributed by atoms with Gasteiger partial charge in [0.05, 0.1) is 6.54 Å². The van der Waals surface area contributed by atoms with E-state index in [4.69, 9.17) is 0 Å². The summed E-state index contributed by atoms with van der Waals surface area (Å²) in [6, 6.07) is 11.0. The molecule has 0 unspecified atom stereocenters. The minimum absolute atomic E-state index is 0.0565. The van der Waals surface area contributed by atoms with Crippen molar-refractivity contribution >= 4 is 16.8 Å². The van der Waals surface area contributed by atoms with Crippen LogP contribution in [0.25, 0.3) is 10.9 Å². The molecule has 24 heavy (non-hydrogen) atoms. The molecule has 0 spiro atoms. The van der Waals surface area contributed by atoms with Crippen molar-refractivity contribution in [2.45, 2.75) is 32.7 Å². The average Bonchev–Trinajstić information content (AvgIpc) is 2.95. The molecule has 0 aliphatic rings. The lowest BCUT2D eigenvalue weighted by Gasteiger charge is -2.18. The van der Waals surface area contributed by atoms with Gasteiger partial charge in [0.1, 0.15) is 5.69 Å². The van der Waals surface area contributed by atoms with Crippen LogP contribution in [0, 0.1) is 0 Å². The second kappa shape index (κ2) is 6.00. The number of nitrogens with one attached hydrogen (secondary N) is 3. The molecular formula is C19H21N3O2. The summed E-state index contributed by atoms with van der Waals surface area (Å²) in [5.41, 5.74) is 3.31. The topological polar surface area (TPSA) is 77.8 Å². The number of rotatable bonds is 3. The fourth-order valence-electron chi connectivity index (χ4n) is 2.58. The molecule has 2 heterocycles. The first kappa shape index (κ1) is 16.1. The Balaban J connectivity index is 1.78. The second-order valence-corrected chi connectivity index (χ2v) is 6.97. The van der Waals surface area contributed by atoms with Crippen LogP contribution in [0.1, 0.15) is 42.5 Å². The van der Waals surface area contributed by atoms with Gasteiger partial charge in [0, 0.05) is 34.9 Å². The van der Waals surface area contributed by atoms with Gasteiger partial charge in [0.2, 0.25) is 0 Å². The van der Waals surface area contributed by atoms with Crippen LogP contribution in [-0.2, 0) is 12.0 Å². The van der Waals surface area contributed by atoms with Gasteiger partial charge in [-0.15, -0.1) is 0 Å². The number of pyridine rings is 1. The zero-order valence-electron chi connectivity index (χ0n) is 14.1. The fourth-order valence-corrected chi connectivity index (χ4v) is 2.58. The maximum atomic E-state index is 12.3. The summed E-state index contributed by atoms with van der Waals surface area (Å²) in [6.45, 7) is 6.75. The number of carbonyl (C=O) groups is 1. The molecule has 0 fully saturated rings. The highest BCUT2D eigenvalue weighted by molar-refractivity contribution is 5.98. The molecule has 5 nitrogen and oxygen atoms in total. The molecule has 0 aliphatic heterocycles. The quantitative estimate of drug-likeness (QED) is 0.692. The normalized spacial score (nSPS) is 11.6. The number of carbonyl (C=O) groups excluding carboxylic acids is 1. The van der Waals surface area contributed by atoms with E-state index < -0.39 is 0 Å². The standard InChI is InChI=1S/C19H21N3O2/c1-19(2,3)13-5-4-12-8-17(22-16(12)9-13)18(24)21-11-14-10-15(23)6-7-20-14/h4-10,22H,11H2,1-3H3,(H,20,23)(H,21,24). The smallest absolute Gasteiger partial charge is 0.268 e. The van der Waals surface area contributed by atoms with Crippen molar-refractivity contribution in [3.8, 4) is 0 Å². The van der Waals surface area contributed by atoms with E-state index in [-0.39, 0.29) is 23.3 Å². The third-order valence-corrected chi connectivity index (χ3v) is 4.01. The lowest BCUT2D eigenvalue weighted by atomic mass is 9.87. The van der Waals surface area contributed by atoms with Gasteiger partial charge < -0.3 is 15.3 Å². The summed E-state index contributed by atoms with van der Waals surface area (Å²) >= 11 is 0. The Kier molecular flexibility index (Phi) is 4.01. The lowest BCUT2D eigenvalue weighted by molar-refractivity contribution is 0.0946. The number of aromatic nitrogens is 2. The SMILES string of the molecule is CC(C)(C)c1ccc2cc(C(=O)NCc3cc(=O)cc[nH]3)[nH]c2c1. The van der Waals surface area contributed by atoms with Gasteiger partial charge >= 0.3 is 0 Å². The summed E-state index contributed by atoms with van der Waals surface area (Å²) in [5.74, 6) is -0.201. The van der Waals surface area contributed by atoms with E-state index in [2.05, 4.69) is 48.2 Å². The Labute approximate surface area is 140 Å². The van der Waals surface area contributed by atoms with E-state index in [1.165, 1.54) is 17.7 Å². The van der Waals surface area contributed by atoms with Gasteiger partial charge in [-0.3, -0.25) is 9.59 Å². The van der Waals surface area contributed by atoms with Crippen molar-refractivity contribution in [3.05, 3.63) is 69.8 Å². The van der Waals surface area contributed by atoms with Crippen LogP contribution in [0.15, 0.2) is 47.4 Å². The van der Waals surface area contributed by atoms with E-state index in [1.807, 2.05) is 12.1 Å². The molecule has 124 valence electrons. The first-order valence-electron chi connectivity index (χ1n) is 7.92. The zero-order valence-corrected chi connectivity index (χ0v) is 14.1. The van der Waals surface area contributed by atoms with Crippen molar-refractivity contribution < 1.29 is 4.79 Å². The minimum Gasteiger partial charge on any atom is -0.363 e. The molecule has 5 heteroatoms. The summed E-state index contributed by atoms with van der Waals surface area (Å²) in [6.07, 6.45) is 1.57. The molecule has 0 bridgehead atoms. The summed E-state index contributed by atoms with van der Waals surface area (Å²) in [4.78, 5) is 29.7. The van der Waals surface area contributed by atoms with Gasteiger partial charge in [-0.1, -0.05) is 32.9 Å². The van der Waals surface area contributed by atoms with Crippen LogP contribution >= 0.6 is 0 Å². The molecule has 3 N–H and O–H groups in total. The van der Waals surface area contributed by atoms with E-state index in [9.17, 15) is 9.59 Å². The average molecular weight is 323 g/mol.